The van der Waals surface area contributed by atoms with Gasteiger partial charge in [0.2, 0.25) is 5.91 Å². The van der Waals surface area contributed by atoms with Gasteiger partial charge in [0.25, 0.3) is 0 Å². The van der Waals surface area contributed by atoms with Gasteiger partial charge in [-0.1, -0.05) is 6.07 Å². The van der Waals surface area contributed by atoms with Crippen LogP contribution < -0.4 is 20.9 Å². The standard InChI is InChI=1S/C28H33F3N6O5/c1-17-2-3-20(33-27(40)36-5-4-18(15-36)14-28(29,30)31)12-22(17)19-10-23(35-6-8-41-9-7-35)34-24(11-19)37-16-21(13-25(37)38)42-26(32)39/h2-3,10-12,18,21H,4-9,13-16H2,1H3,(H2,32,39)(H,33,40)/t18-,21+/m0/s1. The molecule has 3 aliphatic heterocycles. The van der Waals surface area contributed by atoms with Crippen LogP contribution in [0.15, 0.2) is 30.3 Å². The topological polar surface area (TPSA) is 130 Å². The number of pyridine rings is 1. The number of urea groups is 1. The Hall–Kier alpha value is -4.07. The summed E-state index contributed by atoms with van der Waals surface area (Å²) < 4.78 is 49.0. The molecule has 4 heterocycles. The molecule has 5 rings (SSSR count). The summed E-state index contributed by atoms with van der Waals surface area (Å²) in [5, 5.41) is 2.82. The Morgan fingerprint density at radius 1 is 1.12 bits per heavy atom. The number of rotatable bonds is 6. The Balaban J connectivity index is 1.41. The van der Waals surface area contributed by atoms with Crippen molar-refractivity contribution in [1.82, 2.24) is 9.88 Å². The minimum absolute atomic E-state index is 0.0113. The Morgan fingerprint density at radius 3 is 2.57 bits per heavy atom. The van der Waals surface area contributed by atoms with E-state index >= 15 is 0 Å². The number of halogens is 3. The number of amides is 4. The van der Waals surface area contributed by atoms with Gasteiger partial charge in [0.15, 0.2) is 0 Å². The SMILES string of the molecule is Cc1ccc(NC(=O)N2CC[C@@H](CC(F)(F)F)C2)cc1-c1cc(N2CCOCC2)nc(N2C[C@H](OC(N)=O)CC2=O)c1. The van der Waals surface area contributed by atoms with Crippen molar-refractivity contribution in [2.45, 2.75) is 38.5 Å². The van der Waals surface area contributed by atoms with Crippen LogP contribution in [-0.4, -0.2) is 86.1 Å². The Labute approximate surface area is 240 Å². The van der Waals surface area contributed by atoms with E-state index in [-0.39, 0.29) is 32.0 Å². The zero-order valence-electron chi connectivity index (χ0n) is 23.2. The highest BCUT2D eigenvalue weighted by atomic mass is 19.4. The first kappa shape index (κ1) is 29.4. The number of hydrogen-bond acceptors (Lipinski definition) is 7. The normalized spacial score (nSPS) is 21.1. The van der Waals surface area contributed by atoms with Crippen LogP contribution in [0, 0.1) is 12.8 Å². The molecule has 0 bridgehead atoms. The number of morpholine rings is 1. The summed E-state index contributed by atoms with van der Waals surface area (Å²) in [7, 11) is 0. The lowest BCUT2D eigenvalue weighted by Crippen LogP contribution is -2.37. The van der Waals surface area contributed by atoms with E-state index in [0.29, 0.717) is 50.0 Å². The summed E-state index contributed by atoms with van der Waals surface area (Å²) in [4.78, 5) is 46.7. The number of nitrogens with one attached hydrogen (secondary N) is 1. The molecule has 3 saturated heterocycles. The molecule has 3 aliphatic rings. The maximum absolute atomic E-state index is 12.9. The highest BCUT2D eigenvalue weighted by Crippen LogP contribution is 2.35. The number of carbonyl (C=O) groups is 3. The van der Waals surface area contributed by atoms with Crippen molar-refractivity contribution in [3.05, 3.63) is 35.9 Å². The number of nitrogens with zero attached hydrogens (tertiary/aromatic N) is 4. The number of nitrogens with two attached hydrogens (primary N) is 1. The van der Waals surface area contributed by atoms with Gasteiger partial charge in [-0.05, 0) is 60.2 Å². The van der Waals surface area contributed by atoms with Gasteiger partial charge in [-0.25, -0.2) is 14.6 Å². The summed E-state index contributed by atoms with van der Waals surface area (Å²) in [5.74, 6) is 0.154. The summed E-state index contributed by atoms with van der Waals surface area (Å²) >= 11 is 0. The lowest BCUT2D eigenvalue weighted by Gasteiger charge is -2.29. The van der Waals surface area contributed by atoms with Crippen LogP contribution in [-0.2, 0) is 14.3 Å². The van der Waals surface area contributed by atoms with Gasteiger partial charge < -0.3 is 30.3 Å². The van der Waals surface area contributed by atoms with Crippen LogP contribution in [0.5, 0.6) is 0 Å². The molecule has 1 aromatic carbocycles. The van der Waals surface area contributed by atoms with Crippen LogP contribution in [0.1, 0.15) is 24.8 Å². The number of benzene rings is 1. The van der Waals surface area contributed by atoms with Crippen molar-refractivity contribution in [3.8, 4) is 11.1 Å². The van der Waals surface area contributed by atoms with E-state index in [9.17, 15) is 27.6 Å². The maximum atomic E-state index is 12.9. The third kappa shape index (κ3) is 7.04. The number of carbonyl (C=O) groups excluding carboxylic acids is 3. The van der Waals surface area contributed by atoms with Gasteiger partial charge in [-0.15, -0.1) is 0 Å². The quantitative estimate of drug-likeness (QED) is 0.522. The van der Waals surface area contributed by atoms with Crippen molar-refractivity contribution < 1.29 is 37.0 Å². The largest absolute Gasteiger partial charge is 0.444 e. The van der Waals surface area contributed by atoms with Crippen molar-refractivity contribution >= 4 is 35.4 Å². The maximum Gasteiger partial charge on any atom is 0.404 e. The Bertz CT molecular complexity index is 1350. The number of aromatic nitrogens is 1. The fourth-order valence-corrected chi connectivity index (χ4v) is 5.61. The van der Waals surface area contributed by atoms with Crippen LogP contribution in [0.3, 0.4) is 0 Å². The molecule has 0 unspecified atom stereocenters. The first-order valence-corrected chi connectivity index (χ1v) is 13.8. The summed E-state index contributed by atoms with van der Waals surface area (Å²) in [5.41, 5.74) is 8.06. The molecule has 11 nitrogen and oxygen atoms in total. The average molecular weight is 591 g/mol. The van der Waals surface area contributed by atoms with Crippen molar-refractivity contribution in [2.24, 2.45) is 11.7 Å². The van der Waals surface area contributed by atoms with Crippen molar-refractivity contribution in [1.29, 1.82) is 0 Å². The highest BCUT2D eigenvalue weighted by molar-refractivity contribution is 5.96. The number of alkyl halides is 3. The number of likely N-dealkylation sites (tertiary alicyclic amines) is 1. The van der Waals surface area contributed by atoms with Crippen molar-refractivity contribution in [3.63, 3.8) is 0 Å². The second kappa shape index (κ2) is 12.0. The molecule has 226 valence electrons. The summed E-state index contributed by atoms with van der Waals surface area (Å²) in [6.07, 6.45) is -6.52. The lowest BCUT2D eigenvalue weighted by molar-refractivity contribution is -0.143. The number of primary amides is 1. The number of aryl methyl sites for hydroxylation is 1. The fraction of sp³-hybridized carbons (Fsp3) is 0.500. The molecule has 1 aromatic heterocycles. The molecule has 0 saturated carbocycles. The Kier molecular flexibility index (Phi) is 8.43. The van der Waals surface area contributed by atoms with E-state index < -0.39 is 36.7 Å². The van der Waals surface area contributed by atoms with Gasteiger partial charge in [0, 0.05) is 38.3 Å². The first-order valence-electron chi connectivity index (χ1n) is 13.8. The third-order valence-electron chi connectivity index (χ3n) is 7.68. The van der Waals surface area contributed by atoms with Crippen molar-refractivity contribution in [2.75, 3.05) is 61.1 Å². The number of ether oxygens (including phenoxy) is 2. The molecule has 3 N–H and O–H groups in total. The van der Waals surface area contributed by atoms with Crippen LogP contribution in [0.4, 0.5) is 40.1 Å². The smallest absolute Gasteiger partial charge is 0.404 e. The molecule has 2 atom stereocenters. The van der Waals surface area contributed by atoms with Gasteiger partial charge >= 0.3 is 18.3 Å². The zero-order valence-corrected chi connectivity index (χ0v) is 23.2. The van der Waals surface area contributed by atoms with Gasteiger partial charge in [-0.2, -0.15) is 13.2 Å². The molecule has 0 radical (unpaired) electrons. The minimum Gasteiger partial charge on any atom is -0.444 e. The molecule has 4 amide bonds. The zero-order chi connectivity index (χ0) is 30.0. The highest BCUT2D eigenvalue weighted by Gasteiger charge is 2.37. The second-order valence-electron chi connectivity index (χ2n) is 10.8. The van der Waals surface area contributed by atoms with Crippen LogP contribution in [0.2, 0.25) is 0 Å². The molecular weight excluding hydrogens is 557 g/mol. The van der Waals surface area contributed by atoms with E-state index in [4.69, 9.17) is 20.2 Å². The van der Waals surface area contributed by atoms with Gasteiger partial charge in [0.1, 0.15) is 17.7 Å². The predicted molar refractivity (Wildman–Crippen MR) is 148 cm³/mol. The monoisotopic (exact) mass is 590 g/mol. The summed E-state index contributed by atoms with van der Waals surface area (Å²) in [6, 6.07) is 8.59. The minimum atomic E-state index is -4.26. The molecular formula is C28H33F3N6O5. The fourth-order valence-electron chi connectivity index (χ4n) is 5.61. The average Bonchev–Trinajstić information content (AvgIpc) is 3.54. The molecule has 14 heteroatoms. The second-order valence-corrected chi connectivity index (χ2v) is 10.8. The predicted octanol–water partition coefficient (Wildman–Crippen LogP) is 3.90. The van der Waals surface area contributed by atoms with Crippen LogP contribution >= 0.6 is 0 Å². The molecule has 0 spiro atoms. The summed E-state index contributed by atoms with van der Waals surface area (Å²) in [6.45, 7) is 4.60. The lowest BCUT2D eigenvalue weighted by atomic mass is 10.00. The molecule has 2 aromatic rings. The molecule has 3 fully saturated rings. The van der Waals surface area contributed by atoms with E-state index in [1.807, 2.05) is 19.1 Å². The first-order chi connectivity index (χ1) is 19.9. The van der Waals surface area contributed by atoms with E-state index in [1.54, 1.807) is 18.2 Å². The number of hydrogen-bond donors (Lipinski definition) is 2. The number of anilines is 3. The molecule has 0 aliphatic carbocycles. The Morgan fingerprint density at radius 2 is 1.86 bits per heavy atom. The van der Waals surface area contributed by atoms with E-state index in [2.05, 4.69) is 10.2 Å². The van der Waals surface area contributed by atoms with Gasteiger partial charge in [0.05, 0.1) is 26.2 Å². The van der Waals surface area contributed by atoms with E-state index in [1.165, 1.54) is 9.80 Å². The van der Waals surface area contributed by atoms with Crippen LogP contribution in [0.25, 0.3) is 11.1 Å². The van der Waals surface area contributed by atoms with E-state index in [0.717, 1.165) is 16.7 Å². The van der Waals surface area contributed by atoms with Gasteiger partial charge in [-0.3, -0.25) is 9.69 Å². The molecule has 42 heavy (non-hydrogen) atoms. The third-order valence-corrected chi connectivity index (χ3v) is 7.68.